The molecule has 0 saturated carbocycles. The van der Waals surface area contributed by atoms with Crippen LogP contribution in [0.5, 0.6) is 0 Å². The van der Waals surface area contributed by atoms with Gasteiger partial charge in [0.15, 0.2) is 5.82 Å². The minimum absolute atomic E-state index is 0.149. The molecule has 0 aliphatic carbocycles. The number of carbonyl (C=O) groups excluding carboxylic acids is 1. The molecule has 0 aliphatic rings. The van der Waals surface area contributed by atoms with Crippen LogP contribution in [-0.4, -0.2) is 40.3 Å². The number of hydrogen-bond acceptors (Lipinski definition) is 7. The second-order valence-electron chi connectivity index (χ2n) is 6.43. The number of carbonyl (C=O) groups is 1. The third-order valence-corrected chi connectivity index (χ3v) is 4.38. The van der Waals surface area contributed by atoms with Crippen LogP contribution in [0.15, 0.2) is 36.8 Å². The quantitative estimate of drug-likeness (QED) is 0.533. The number of amides is 1. The summed E-state index contributed by atoms with van der Waals surface area (Å²) in [6.07, 6.45) is 5.47. The molecule has 0 spiro atoms. The van der Waals surface area contributed by atoms with Crippen molar-refractivity contribution < 1.29 is 4.79 Å². The van der Waals surface area contributed by atoms with Crippen LogP contribution in [0.25, 0.3) is 5.78 Å². The van der Waals surface area contributed by atoms with E-state index in [2.05, 4.69) is 30.5 Å². The highest BCUT2D eigenvalue weighted by molar-refractivity contribution is 5.91. The van der Waals surface area contributed by atoms with Gasteiger partial charge >= 0.3 is 0 Å². The fraction of sp³-hybridized carbons (Fsp3) is 0.222. The summed E-state index contributed by atoms with van der Waals surface area (Å²) in [6.45, 7) is 4.28. The van der Waals surface area contributed by atoms with Crippen LogP contribution in [0.4, 0.5) is 11.8 Å². The first kappa shape index (κ1) is 17.6. The number of nitrogens with one attached hydrogen (secondary N) is 1. The van der Waals surface area contributed by atoms with Gasteiger partial charge in [-0.1, -0.05) is 6.07 Å². The fourth-order valence-electron chi connectivity index (χ4n) is 3.02. The molecule has 4 aromatic heterocycles. The number of nitrogens with two attached hydrogens (primary N) is 1. The molecule has 4 heterocycles. The van der Waals surface area contributed by atoms with Crippen LogP contribution >= 0.6 is 0 Å². The summed E-state index contributed by atoms with van der Waals surface area (Å²) in [5.74, 6) is 0.872. The zero-order valence-corrected chi connectivity index (χ0v) is 15.5. The van der Waals surface area contributed by atoms with Gasteiger partial charge in [0.25, 0.3) is 5.78 Å². The SMILES string of the molecule is Cc1nc2nc(N)nn2c(C)c1CC(=O)Nc1ccn(Cc2cccnc2)n1. The molecule has 0 unspecified atom stereocenters. The van der Waals surface area contributed by atoms with Crippen molar-refractivity contribution in [3.63, 3.8) is 0 Å². The van der Waals surface area contributed by atoms with Gasteiger partial charge in [-0.25, -0.2) is 4.98 Å². The summed E-state index contributed by atoms with van der Waals surface area (Å²) >= 11 is 0. The molecular formula is C18H19N9O. The van der Waals surface area contributed by atoms with Gasteiger partial charge in [0.2, 0.25) is 11.9 Å². The largest absolute Gasteiger partial charge is 0.366 e. The van der Waals surface area contributed by atoms with Crippen molar-refractivity contribution in [3.8, 4) is 0 Å². The molecule has 10 heteroatoms. The molecule has 1 amide bonds. The number of nitrogens with zero attached hydrogens (tertiary/aromatic N) is 7. The van der Waals surface area contributed by atoms with E-state index in [9.17, 15) is 4.79 Å². The summed E-state index contributed by atoms with van der Waals surface area (Å²) in [6, 6.07) is 5.60. The molecule has 0 radical (unpaired) electrons. The molecule has 28 heavy (non-hydrogen) atoms. The van der Waals surface area contributed by atoms with Crippen molar-refractivity contribution in [3.05, 3.63) is 59.3 Å². The topological polar surface area (TPSA) is 129 Å². The Labute approximate surface area is 160 Å². The summed E-state index contributed by atoms with van der Waals surface area (Å²) in [5.41, 5.74) is 8.95. The van der Waals surface area contributed by atoms with Gasteiger partial charge in [-0.3, -0.25) is 14.5 Å². The van der Waals surface area contributed by atoms with Gasteiger partial charge in [0, 0.05) is 41.6 Å². The molecule has 4 rings (SSSR count). The van der Waals surface area contributed by atoms with Gasteiger partial charge in [0.05, 0.1) is 13.0 Å². The third-order valence-electron chi connectivity index (χ3n) is 4.38. The van der Waals surface area contributed by atoms with Gasteiger partial charge < -0.3 is 11.1 Å². The van der Waals surface area contributed by atoms with Crippen molar-refractivity contribution >= 4 is 23.5 Å². The van der Waals surface area contributed by atoms with Crippen LogP contribution in [0.2, 0.25) is 0 Å². The van der Waals surface area contributed by atoms with Crippen molar-refractivity contribution in [1.82, 2.24) is 34.3 Å². The van der Waals surface area contributed by atoms with E-state index in [1.165, 1.54) is 0 Å². The Morgan fingerprint density at radius 1 is 1.21 bits per heavy atom. The Morgan fingerprint density at radius 3 is 2.86 bits per heavy atom. The first-order chi connectivity index (χ1) is 13.5. The predicted molar refractivity (Wildman–Crippen MR) is 103 cm³/mol. The van der Waals surface area contributed by atoms with Crippen LogP contribution in [0.3, 0.4) is 0 Å². The summed E-state index contributed by atoms with van der Waals surface area (Å²) < 4.78 is 3.29. The van der Waals surface area contributed by atoms with Gasteiger partial charge in [-0.15, -0.1) is 5.10 Å². The predicted octanol–water partition coefficient (Wildman–Crippen LogP) is 1.14. The van der Waals surface area contributed by atoms with E-state index in [1.54, 1.807) is 27.7 Å². The lowest BCUT2D eigenvalue weighted by molar-refractivity contribution is -0.115. The Bertz CT molecular complexity index is 1150. The monoisotopic (exact) mass is 377 g/mol. The van der Waals surface area contributed by atoms with Gasteiger partial charge in [-0.2, -0.15) is 14.6 Å². The molecule has 0 saturated heterocycles. The highest BCUT2D eigenvalue weighted by Crippen LogP contribution is 2.16. The van der Waals surface area contributed by atoms with E-state index in [-0.39, 0.29) is 18.3 Å². The lowest BCUT2D eigenvalue weighted by Gasteiger charge is -2.10. The number of aryl methyl sites for hydroxylation is 2. The highest BCUT2D eigenvalue weighted by Gasteiger charge is 2.16. The molecule has 10 nitrogen and oxygen atoms in total. The number of nitrogen functional groups attached to an aromatic ring is 1. The maximum Gasteiger partial charge on any atom is 0.254 e. The Morgan fingerprint density at radius 2 is 2.07 bits per heavy atom. The second-order valence-corrected chi connectivity index (χ2v) is 6.43. The first-order valence-corrected chi connectivity index (χ1v) is 8.70. The number of aromatic nitrogens is 7. The summed E-state index contributed by atoms with van der Waals surface area (Å²) in [5, 5.41) is 11.3. The molecule has 0 aliphatic heterocycles. The molecule has 0 fully saturated rings. The zero-order valence-electron chi connectivity index (χ0n) is 15.5. The average molecular weight is 377 g/mol. The van der Waals surface area contributed by atoms with Crippen molar-refractivity contribution in [2.45, 2.75) is 26.8 Å². The lowest BCUT2D eigenvalue weighted by atomic mass is 10.1. The first-order valence-electron chi connectivity index (χ1n) is 8.70. The Kier molecular flexibility index (Phi) is 4.44. The van der Waals surface area contributed by atoms with Crippen molar-refractivity contribution in [2.75, 3.05) is 11.1 Å². The van der Waals surface area contributed by atoms with Crippen LogP contribution in [0.1, 0.15) is 22.5 Å². The number of rotatable bonds is 5. The van der Waals surface area contributed by atoms with Crippen LogP contribution in [0, 0.1) is 13.8 Å². The number of pyridine rings is 1. The third kappa shape index (κ3) is 3.52. The van der Waals surface area contributed by atoms with Crippen molar-refractivity contribution in [2.24, 2.45) is 0 Å². The van der Waals surface area contributed by atoms with Gasteiger partial charge in [0.1, 0.15) is 0 Å². The maximum atomic E-state index is 12.5. The molecule has 3 N–H and O–H groups in total. The smallest absolute Gasteiger partial charge is 0.254 e. The van der Waals surface area contributed by atoms with Crippen LogP contribution < -0.4 is 11.1 Å². The molecule has 142 valence electrons. The van der Waals surface area contributed by atoms with Crippen LogP contribution in [-0.2, 0) is 17.8 Å². The number of hydrogen-bond donors (Lipinski definition) is 2. The minimum Gasteiger partial charge on any atom is -0.366 e. The molecule has 0 bridgehead atoms. The molecule has 4 aromatic rings. The van der Waals surface area contributed by atoms with E-state index in [0.717, 1.165) is 22.5 Å². The summed E-state index contributed by atoms with van der Waals surface area (Å²) in [7, 11) is 0. The van der Waals surface area contributed by atoms with E-state index in [0.29, 0.717) is 18.1 Å². The van der Waals surface area contributed by atoms with E-state index >= 15 is 0 Å². The Balaban J connectivity index is 1.47. The zero-order chi connectivity index (χ0) is 19.7. The highest BCUT2D eigenvalue weighted by atomic mass is 16.1. The molecule has 0 atom stereocenters. The van der Waals surface area contributed by atoms with E-state index in [4.69, 9.17) is 5.73 Å². The number of anilines is 2. The normalized spacial score (nSPS) is 11.1. The molecular weight excluding hydrogens is 358 g/mol. The van der Waals surface area contributed by atoms with Gasteiger partial charge in [-0.05, 0) is 25.5 Å². The standard InChI is InChI=1S/C18H19N9O/c1-11-14(12(2)27-18(21-11)23-17(19)25-27)8-16(28)22-15-5-7-26(24-15)10-13-4-3-6-20-9-13/h3-7,9H,8,10H2,1-2H3,(H2,19,25)(H,22,24,28). The minimum atomic E-state index is -0.188. The maximum absolute atomic E-state index is 12.5. The summed E-state index contributed by atoms with van der Waals surface area (Å²) in [4.78, 5) is 25.0. The second kappa shape index (κ2) is 7.06. The van der Waals surface area contributed by atoms with Crippen molar-refractivity contribution in [1.29, 1.82) is 0 Å². The fourth-order valence-corrected chi connectivity index (χ4v) is 3.02. The Hall–Kier alpha value is -3.82. The number of fused-ring (bicyclic) bond motifs is 1. The lowest BCUT2D eigenvalue weighted by Crippen LogP contribution is -2.18. The van der Waals surface area contributed by atoms with E-state index in [1.807, 2.05) is 32.2 Å². The molecule has 0 aromatic carbocycles. The van der Waals surface area contributed by atoms with E-state index < -0.39 is 0 Å². The average Bonchev–Trinajstić information content (AvgIpc) is 3.25.